The zero-order valence-corrected chi connectivity index (χ0v) is 11.2. The first-order valence-electron chi connectivity index (χ1n) is 6.44. The van der Waals surface area contributed by atoms with Crippen molar-refractivity contribution in [1.82, 2.24) is 0 Å². The van der Waals surface area contributed by atoms with Gasteiger partial charge >= 0.3 is 0 Å². The fourth-order valence-electron chi connectivity index (χ4n) is 2.23. The highest BCUT2D eigenvalue weighted by molar-refractivity contribution is 5.67. The van der Waals surface area contributed by atoms with Crippen LogP contribution in [0.4, 0.5) is 15.8 Å². The van der Waals surface area contributed by atoms with E-state index in [-0.39, 0.29) is 5.82 Å². The van der Waals surface area contributed by atoms with Gasteiger partial charge in [0.05, 0.1) is 11.8 Å². The van der Waals surface area contributed by atoms with Crippen LogP contribution in [-0.2, 0) is 0 Å². The number of halogens is 1. The molecule has 1 N–H and O–H groups in total. The minimum absolute atomic E-state index is 0.259. The van der Waals surface area contributed by atoms with E-state index in [2.05, 4.69) is 0 Å². The molecule has 19 heavy (non-hydrogen) atoms. The maximum atomic E-state index is 13.9. The summed E-state index contributed by atoms with van der Waals surface area (Å²) in [4.78, 5) is 1.87. The van der Waals surface area contributed by atoms with E-state index in [1.165, 1.54) is 6.07 Å². The van der Waals surface area contributed by atoms with Gasteiger partial charge in [0.15, 0.2) is 0 Å². The minimum atomic E-state index is -0.586. The van der Waals surface area contributed by atoms with E-state index in [4.69, 9.17) is 0 Å². The van der Waals surface area contributed by atoms with E-state index < -0.39 is 6.10 Å². The Morgan fingerprint density at radius 1 is 1.05 bits per heavy atom. The van der Waals surface area contributed by atoms with E-state index in [1.54, 1.807) is 19.1 Å². The number of anilines is 2. The Hall–Kier alpha value is -1.87. The number of hydrogen-bond donors (Lipinski definition) is 1. The second-order valence-electron chi connectivity index (χ2n) is 4.43. The van der Waals surface area contributed by atoms with Crippen LogP contribution < -0.4 is 4.90 Å². The Morgan fingerprint density at radius 3 is 2.21 bits per heavy atom. The van der Waals surface area contributed by atoms with Gasteiger partial charge in [0, 0.05) is 17.8 Å². The molecule has 0 saturated carbocycles. The van der Waals surface area contributed by atoms with Crippen LogP contribution in [0.3, 0.4) is 0 Å². The molecule has 2 nitrogen and oxygen atoms in total. The third kappa shape index (κ3) is 2.76. The highest BCUT2D eigenvalue weighted by Gasteiger charge is 2.16. The van der Waals surface area contributed by atoms with Crippen molar-refractivity contribution in [1.29, 1.82) is 0 Å². The summed E-state index contributed by atoms with van der Waals surface area (Å²) in [6.07, 6.45) is -0.586. The Morgan fingerprint density at radius 2 is 1.63 bits per heavy atom. The number of aliphatic hydroxyl groups excluding tert-OH is 1. The molecule has 0 aliphatic carbocycles. The summed E-state index contributed by atoms with van der Waals surface area (Å²) < 4.78 is 13.9. The van der Waals surface area contributed by atoms with Gasteiger partial charge in [0.25, 0.3) is 0 Å². The van der Waals surface area contributed by atoms with Gasteiger partial charge in [0.2, 0.25) is 0 Å². The van der Waals surface area contributed by atoms with Crippen LogP contribution in [-0.4, -0.2) is 11.7 Å². The van der Waals surface area contributed by atoms with E-state index in [1.807, 2.05) is 42.2 Å². The molecule has 3 heteroatoms. The molecule has 0 radical (unpaired) electrons. The van der Waals surface area contributed by atoms with Crippen LogP contribution in [0, 0.1) is 5.82 Å². The van der Waals surface area contributed by atoms with Crippen LogP contribution >= 0.6 is 0 Å². The molecule has 100 valence electrons. The standard InChI is InChI=1S/C16H18FNO/c1-3-18(16-11-7-5-9-14(16)17)15-10-6-4-8-13(15)12(2)19/h4-12,19H,3H2,1-2H3. The predicted octanol–water partition coefficient (Wildman–Crippen LogP) is 4.04. The molecular weight excluding hydrogens is 241 g/mol. The van der Waals surface area contributed by atoms with E-state index in [0.717, 1.165) is 11.3 Å². The Kier molecular flexibility index (Phi) is 4.17. The second-order valence-corrected chi connectivity index (χ2v) is 4.43. The molecule has 0 aromatic heterocycles. The quantitative estimate of drug-likeness (QED) is 0.895. The number of para-hydroxylation sites is 2. The van der Waals surface area contributed by atoms with Crippen molar-refractivity contribution < 1.29 is 9.50 Å². The lowest BCUT2D eigenvalue weighted by molar-refractivity contribution is 0.199. The molecule has 0 aliphatic heterocycles. The number of benzene rings is 2. The van der Waals surface area contributed by atoms with Gasteiger partial charge in [-0.2, -0.15) is 0 Å². The molecule has 0 saturated heterocycles. The summed E-state index contributed by atoms with van der Waals surface area (Å²) >= 11 is 0. The lowest BCUT2D eigenvalue weighted by Gasteiger charge is -2.27. The van der Waals surface area contributed by atoms with Crippen molar-refractivity contribution in [3.63, 3.8) is 0 Å². The molecule has 0 spiro atoms. The summed E-state index contributed by atoms with van der Waals surface area (Å²) in [5, 5.41) is 9.84. The van der Waals surface area contributed by atoms with Crippen molar-refractivity contribution >= 4 is 11.4 Å². The fraction of sp³-hybridized carbons (Fsp3) is 0.250. The first-order chi connectivity index (χ1) is 9.15. The number of nitrogens with zero attached hydrogens (tertiary/aromatic N) is 1. The third-order valence-electron chi connectivity index (χ3n) is 3.14. The second kappa shape index (κ2) is 5.85. The smallest absolute Gasteiger partial charge is 0.146 e. The van der Waals surface area contributed by atoms with Gasteiger partial charge in [-0.25, -0.2) is 4.39 Å². The minimum Gasteiger partial charge on any atom is -0.389 e. The molecule has 2 aromatic rings. The Labute approximate surface area is 113 Å². The molecule has 0 aliphatic rings. The van der Waals surface area contributed by atoms with Gasteiger partial charge in [-0.1, -0.05) is 30.3 Å². The Balaban J connectivity index is 2.52. The first kappa shape index (κ1) is 13.6. The van der Waals surface area contributed by atoms with Crippen molar-refractivity contribution in [2.24, 2.45) is 0 Å². The van der Waals surface area contributed by atoms with Crippen molar-refractivity contribution in [2.45, 2.75) is 20.0 Å². The molecule has 0 amide bonds. The first-order valence-corrected chi connectivity index (χ1v) is 6.44. The number of aliphatic hydroxyl groups is 1. The third-order valence-corrected chi connectivity index (χ3v) is 3.14. The number of rotatable bonds is 4. The zero-order valence-electron chi connectivity index (χ0n) is 11.2. The molecule has 0 fully saturated rings. The highest BCUT2D eigenvalue weighted by Crippen LogP contribution is 2.32. The van der Waals surface area contributed by atoms with E-state index >= 15 is 0 Å². The van der Waals surface area contributed by atoms with Crippen LogP contribution in [0.25, 0.3) is 0 Å². The maximum Gasteiger partial charge on any atom is 0.146 e. The van der Waals surface area contributed by atoms with Gasteiger partial charge in [0.1, 0.15) is 5.82 Å². The predicted molar refractivity (Wildman–Crippen MR) is 76.2 cm³/mol. The maximum absolute atomic E-state index is 13.9. The number of hydrogen-bond acceptors (Lipinski definition) is 2. The average molecular weight is 259 g/mol. The zero-order chi connectivity index (χ0) is 13.8. The van der Waals surface area contributed by atoms with Crippen molar-refractivity contribution in [2.75, 3.05) is 11.4 Å². The lowest BCUT2D eigenvalue weighted by Crippen LogP contribution is -2.19. The Bertz CT molecular complexity index is 554. The van der Waals surface area contributed by atoms with Gasteiger partial charge in [-0.3, -0.25) is 0 Å². The molecule has 0 bridgehead atoms. The van der Waals surface area contributed by atoms with Crippen LogP contribution in [0.1, 0.15) is 25.5 Å². The van der Waals surface area contributed by atoms with Crippen LogP contribution in [0.15, 0.2) is 48.5 Å². The van der Waals surface area contributed by atoms with Gasteiger partial charge in [-0.15, -0.1) is 0 Å². The van der Waals surface area contributed by atoms with E-state index in [9.17, 15) is 9.50 Å². The molecular formula is C16H18FNO. The molecule has 2 rings (SSSR count). The highest BCUT2D eigenvalue weighted by atomic mass is 19.1. The van der Waals surface area contributed by atoms with Crippen molar-refractivity contribution in [3.8, 4) is 0 Å². The SMILES string of the molecule is CCN(c1ccccc1F)c1ccccc1C(C)O. The molecule has 0 heterocycles. The van der Waals surface area contributed by atoms with Gasteiger partial charge < -0.3 is 10.0 Å². The topological polar surface area (TPSA) is 23.5 Å². The van der Waals surface area contributed by atoms with E-state index in [0.29, 0.717) is 12.2 Å². The lowest BCUT2D eigenvalue weighted by atomic mass is 10.1. The fourth-order valence-corrected chi connectivity index (χ4v) is 2.23. The summed E-state index contributed by atoms with van der Waals surface area (Å²) in [5.74, 6) is -0.259. The van der Waals surface area contributed by atoms with Crippen LogP contribution in [0.5, 0.6) is 0 Å². The summed E-state index contributed by atoms with van der Waals surface area (Å²) in [6.45, 7) is 4.31. The van der Waals surface area contributed by atoms with Gasteiger partial charge in [-0.05, 0) is 32.0 Å². The summed E-state index contributed by atoms with van der Waals surface area (Å²) in [5.41, 5.74) is 2.16. The normalized spacial score (nSPS) is 12.2. The molecule has 2 aromatic carbocycles. The van der Waals surface area contributed by atoms with Crippen LogP contribution in [0.2, 0.25) is 0 Å². The molecule has 1 atom stereocenters. The largest absolute Gasteiger partial charge is 0.389 e. The summed E-state index contributed by atoms with van der Waals surface area (Å²) in [7, 11) is 0. The summed E-state index contributed by atoms with van der Waals surface area (Å²) in [6, 6.07) is 14.2. The average Bonchev–Trinajstić information content (AvgIpc) is 2.42. The molecule has 1 unspecified atom stereocenters. The van der Waals surface area contributed by atoms with Crippen molar-refractivity contribution in [3.05, 3.63) is 59.9 Å². The monoisotopic (exact) mass is 259 g/mol.